The first-order chi connectivity index (χ1) is 16.3. The summed E-state index contributed by atoms with van der Waals surface area (Å²) in [7, 11) is 3.09. The van der Waals surface area contributed by atoms with E-state index in [2.05, 4.69) is 0 Å². The first-order valence-electron chi connectivity index (χ1n) is 11.3. The number of nitrogens with two attached hydrogens (primary N) is 1. The second-order valence-corrected chi connectivity index (χ2v) is 9.66. The summed E-state index contributed by atoms with van der Waals surface area (Å²) in [5.74, 6) is -7.58. The van der Waals surface area contributed by atoms with Gasteiger partial charge in [0.2, 0.25) is 5.78 Å². The van der Waals surface area contributed by atoms with Gasteiger partial charge in [-0.1, -0.05) is 6.92 Å². The Morgan fingerprint density at radius 2 is 1.83 bits per heavy atom. The predicted octanol–water partition coefficient (Wildman–Crippen LogP) is 0.729. The number of ketones is 3. The smallest absolute Gasteiger partial charge is 0.255 e. The van der Waals surface area contributed by atoms with Crippen molar-refractivity contribution in [2.45, 2.75) is 44.8 Å². The lowest BCUT2D eigenvalue weighted by atomic mass is 9.57. The number of aryl methyl sites for hydroxylation is 1. The number of amides is 1. The monoisotopic (exact) mass is 484 g/mol. The summed E-state index contributed by atoms with van der Waals surface area (Å²) in [4.78, 5) is 52.4. The third kappa shape index (κ3) is 3.16. The van der Waals surface area contributed by atoms with Gasteiger partial charge in [0.1, 0.15) is 22.8 Å². The highest BCUT2D eigenvalue weighted by Gasteiger charge is 2.64. The number of fused-ring (bicyclic) bond motifs is 3. The van der Waals surface area contributed by atoms with Gasteiger partial charge in [-0.2, -0.15) is 0 Å². The van der Waals surface area contributed by atoms with Crippen LogP contribution in [0, 0.1) is 11.8 Å². The van der Waals surface area contributed by atoms with Crippen LogP contribution < -0.4 is 5.73 Å². The number of Topliss-reactive ketones (excluding diaryl/α,β-unsaturated/α-hetero) is 3. The number of phenolic OH excluding ortho intramolecular Hbond substituents is 1. The van der Waals surface area contributed by atoms with E-state index in [0.29, 0.717) is 17.5 Å². The van der Waals surface area contributed by atoms with E-state index in [9.17, 15) is 39.6 Å². The summed E-state index contributed by atoms with van der Waals surface area (Å²) in [6, 6.07) is 0.433. The topological polar surface area (TPSA) is 178 Å². The maximum absolute atomic E-state index is 13.8. The number of hydrogen-bond acceptors (Lipinski definition) is 9. The van der Waals surface area contributed by atoms with Crippen molar-refractivity contribution >= 4 is 29.0 Å². The molecule has 1 saturated carbocycles. The second kappa shape index (κ2) is 8.03. The molecule has 186 valence electrons. The molecule has 0 bridgehead atoms. The molecule has 3 aliphatic rings. The molecule has 6 N–H and O–H groups in total. The number of carbonyl (C=O) groups excluding carboxylic acids is 4. The van der Waals surface area contributed by atoms with E-state index in [1.54, 1.807) is 20.2 Å². The van der Waals surface area contributed by atoms with Gasteiger partial charge in [-0.15, -0.1) is 0 Å². The number of aliphatic hydroxyl groups is 3. The largest absolute Gasteiger partial charge is 0.508 e. The minimum absolute atomic E-state index is 0.0132. The van der Waals surface area contributed by atoms with Crippen LogP contribution in [0.3, 0.4) is 0 Å². The minimum atomic E-state index is -2.69. The van der Waals surface area contributed by atoms with Gasteiger partial charge < -0.3 is 26.2 Å². The number of primary amides is 1. The van der Waals surface area contributed by atoms with Crippen molar-refractivity contribution in [1.29, 1.82) is 0 Å². The maximum Gasteiger partial charge on any atom is 0.255 e. The standard InChI is InChI=1S/C25H28N2O8/c1-5-10-6-12(9(2)28)19(29)16-13(10)7-11-8-14-18(27(3)4)21(31)17(24(26)34)23(33)25(14,35)22(32)15(11)20(16)30/h6,11,14,18,29-30,33,35H,5,7-8H2,1-4H3,(H2,26,34). The van der Waals surface area contributed by atoms with Crippen LogP contribution in [-0.4, -0.2) is 74.3 Å². The van der Waals surface area contributed by atoms with Gasteiger partial charge in [-0.25, -0.2) is 0 Å². The molecule has 0 spiro atoms. The van der Waals surface area contributed by atoms with Gasteiger partial charge in [0, 0.05) is 11.5 Å². The van der Waals surface area contributed by atoms with Crippen molar-refractivity contribution < 1.29 is 39.6 Å². The highest BCUT2D eigenvalue weighted by atomic mass is 16.3. The molecule has 1 aromatic rings. The van der Waals surface area contributed by atoms with E-state index in [1.165, 1.54) is 11.8 Å². The van der Waals surface area contributed by atoms with Crippen molar-refractivity contribution in [3.63, 3.8) is 0 Å². The van der Waals surface area contributed by atoms with Crippen LogP contribution in [0.2, 0.25) is 0 Å². The number of rotatable bonds is 4. The number of phenols is 1. The van der Waals surface area contributed by atoms with Crippen LogP contribution in [0.4, 0.5) is 0 Å². The maximum atomic E-state index is 13.8. The van der Waals surface area contributed by atoms with Gasteiger partial charge in [-0.3, -0.25) is 24.1 Å². The van der Waals surface area contributed by atoms with Crippen molar-refractivity contribution in [3.8, 4) is 5.75 Å². The Balaban J connectivity index is 2.02. The molecule has 1 amide bonds. The molecular formula is C25H28N2O8. The van der Waals surface area contributed by atoms with Crippen LogP contribution in [0.1, 0.15) is 47.3 Å². The molecule has 4 unspecified atom stereocenters. The summed E-state index contributed by atoms with van der Waals surface area (Å²) < 4.78 is 0. The number of hydrogen-bond donors (Lipinski definition) is 5. The van der Waals surface area contributed by atoms with Crippen LogP contribution in [0.15, 0.2) is 23.0 Å². The zero-order chi connectivity index (χ0) is 26.1. The lowest BCUT2D eigenvalue weighted by molar-refractivity contribution is -0.153. The number of likely N-dealkylation sites (N-methyl/N-ethyl adjacent to an activating group) is 1. The predicted molar refractivity (Wildman–Crippen MR) is 124 cm³/mol. The molecule has 0 radical (unpaired) electrons. The van der Waals surface area contributed by atoms with Crippen LogP contribution >= 0.6 is 0 Å². The Morgan fingerprint density at radius 3 is 2.34 bits per heavy atom. The lowest BCUT2D eigenvalue weighted by Crippen LogP contribution is -2.65. The number of benzene rings is 1. The molecule has 0 aromatic heterocycles. The molecule has 10 nitrogen and oxygen atoms in total. The van der Waals surface area contributed by atoms with Crippen molar-refractivity contribution in [1.82, 2.24) is 4.90 Å². The van der Waals surface area contributed by atoms with E-state index < -0.39 is 69.6 Å². The van der Waals surface area contributed by atoms with Crippen molar-refractivity contribution in [3.05, 3.63) is 45.2 Å². The first kappa shape index (κ1) is 24.6. The van der Waals surface area contributed by atoms with E-state index in [0.717, 1.165) is 0 Å². The highest BCUT2D eigenvalue weighted by molar-refractivity contribution is 6.24. The van der Waals surface area contributed by atoms with E-state index in [-0.39, 0.29) is 29.5 Å². The third-order valence-electron chi connectivity index (χ3n) is 7.57. The molecule has 0 heterocycles. The fourth-order valence-electron chi connectivity index (χ4n) is 5.97. The molecular weight excluding hydrogens is 456 g/mol. The molecule has 0 aliphatic heterocycles. The second-order valence-electron chi connectivity index (χ2n) is 9.66. The lowest BCUT2D eigenvalue weighted by Gasteiger charge is -2.50. The number of aromatic hydroxyl groups is 1. The molecule has 1 fully saturated rings. The summed E-state index contributed by atoms with van der Waals surface area (Å²) in [5.41, 5.74) is 2.73. The molecule has 1 aromatic carbocycles. The molecule has 4 atom stereocenters. The minimum Gasteiger partial charge on any atom is -0.508 e. The number of carbonyl (C=O) groups is 4. The van der Waals surface area contributed by atoms with E-state index in [4.69, 9.17) is 5.73 Å². The first-order valence-corrected chi connectivity index (χ1v) is 11.3. The fourth-order valence-corrected chi connectivity index (χ4v) is 5.97. The Kier molecular flexibility index (Phi) is 5.65. The normalized spacial score (nSPS) is 28.1. The Hall–Kier alpha value is -3.50. The molecule has 35 heavy (non-hydrogen) atoms. The zero-order valence-corrected chi connectivity index (χ0v) is 19.9. The Bertz CT molecular complexity index is 1270. The fraction of sp³-hybridized carbons (Fsp3) is 0.440. The summed E-state index contributed by atoms with van der Waals surface area (Å²) in [6.45, 7) is 3.12. The number of nitrogens with zero attached hydrogens (tertiary/aromatic N) is 1. The van der Waals surface area contributed by atoms with Gasteiger partial charge in [-0.05, 0) is 63.4 Å². The summed E-state index contributed by atoms with van der Waals surface area (Å²) in [5, 5.41) is 44.5. The van der Waals surface area contributed by atoms with Crippen LogP contribution in [0.25, 0.3) is 5.76 Å². The average Bonchev–Trinajstić information content (AvgIpc) is 2.75. The van der Waals surface area contributed by atoms with Crippen molar-refractivity contribution in [2.24, 2.45) is 17.6 Å². The van der Waals surface area contributed by atoms with Crippen LogP contribution in [-0.2, 0) is 27.2 Å². The third-order valence-corrected chi connectivity index (χ3v) is 7.57. The SMILES string of the molecule is CCc1cc(C(C)=O)c(O)c2c1CC1CC3C(N(C)C)C(=O)C(C(N)=O)=C(O)C3(O)C(=O)C1=C2O. The van der Waals surface area contributed by atoms with E-state index >= 15 is 0 Å². The molecule has 10 heteroatoms. The van der Waals surface area contributed by atoms with Gasteiger partial charge in [0.25, 0.3) is 5.91 Å². The number of aliphatic hydroxyl groups excluding tert-OH is 2. The Labute approximate surface area is 201 Å². The van der Waals surface area contributed by atoms with Gasteiger partial charge >= 0.3 is 0 Å². The summed E-state index contributed by atoms with van der Waals surface area (Å²) >= 11 is 0. The molecule has 3 aliphatic carbocycles. The van der Waals surface area contributed by atoms with Gasteiger partial charge in [0.15, 0.2) is 17.2 Å². The van der Waals surface area contributed by atoms with Crippen LogP contribution in [0.5, 0.6) is 5.75 Å². The highest BCUT2D eigenvalue weighted by Crippen LogP contribution is 2.53. The van der Waals surface area contributed by atoms with E-state index in [1.807, 2.05) is 6.92 Å². The van der Waals surface area contributed by atoms with Gasteiger partial charge in [0.05, 0.1) is 17.2 Å². The molecule has 0 saturated heterocycles. The average molecular weight is 485 g/mol. The van der Waals surface area contributed by atoms with Crippen molar-refractivity contribution in [2.75, 3.05) is 14.1 Å². The summed E-state index contributed by atoms with van der Waals surface area (Å²) in [6.07, 6.45) is 0.706. The zero-order valence-electron chi connectivity index (χ0n) is 19.9. The quantitative estimate of drug-likeness (QED) is 0.304. The Morgan fingerprint density at radius 1 is 1.20 bits per heavy atom. The molecule has 4 rings (SSSR count).